The highest BCUT2D eigenvalue weighted by Crippen LogP contribution is 2.72. The minimum atomic E-state index is -1.05. The van der Waals surface area contributed by atoms with Gasteiger partial charge in [-0.1, -0.05) is 53.7 Å². The Hall–Kier alpha value is -0.870. The van der Waals surface area contributed by atoms with Crippen LogP contribution in [0, 0.1) is 57.2 Å². The number of hydrogen-bond donors (Lipinski definition) is 3. The molecule has 0 aliphatic heterocycles. The predicted octanol–water partition coefficient (Wildman–Crippen LogP) is 5.67. The van der Waals surface area contributed by atoms with Crippen molar-refractivity contribution in [3.63, 3.8) is 0 Å². The zero-order valence-electron chi connectivity index (χ0n) is 21.6. The lowest BCUT2D eigenvalue weighted by Crippen LogP contribution is -2.69. The normalized spacial score (nSPS) is 57.3. The third-order valence-electron chi connectivity index (χ3n) is 12.7. The van der Waals surface area contributed by atoms with Crippen LogP contribution in [0.3, 0.4) is 0 Å². The van der Waals surface area contributed by atoms with E-state index in [4.69, 9.17) is 0 Å². The fourth-order valence-electron chi connectivity index (χ4n) is 10.7. The molecule has 4 saturated carbocycles. The van der Waals surface area contributed by atoms with Crippen LogP contribution in [0.1, 0.15) is 92.9 Å². The van der Waals surface area contributed by atoms with Gasteiger partial charge in [0.25, 0.3) is 0 Å². The molecule has 186 valence electrons. The molecule has 5 aliphatic rings. The van der Waals surface area contributed by atoms with Gasteiger partial charge in [-0.2, -0.15) is 0 Å². The summed E-state index contributed by atoms with van der Waals surface area (Å²) in [5.41, 5.74) is -1.90. The first-order valence-electron chi connectivity index (χ1n) is 13.6. The lowest BCUT2D eigenvalue weighted by Gasteiger charge is -2.70. The standard InChI is InChI=1S/C29H46O4/c1-17-7-14-28(24(31)32)15-9-21-27(6)12-8-19-25(3,4)22(30)11-13-26(19,5)20(27)10-16-29(21,33)23(28)18(17)2/h10,16-23,30,33H,7-9,11-15H2,1-6H3,(H,31,32). The monoisotopic (exact) mass is 458 g/mol. The average molecular weight is 459 g/mol. The van der Waals surface area contributed by atoms with Gasteiger partial charge in [-0.15, -0.1) is 0 Å². The first-order valence-corrected chi connectivity index (χ1v) is 13.6. The first kappa shape index (κ1) is 23.9. The molecule has 33 heavy (non-hydrogen) atoms. The summed E-state index contributed by atoms with van der Waals surface area (Å²) in [7, 11) is 0. The molecule has 5 aliphatic carbocycles. The quantitative estimate of drug-likeness (QED) is 0.442. The van der Waals surface area contributed by atoms with Gasteiger partial charge < -0.3 is 15.3 Å². The number of aliphatic carboxylic acids is 1. The minimum Gasteiger partial charge on any atom is -0.481 e. The second-order valence-electron chi connectivity index (χ2n) is 14.1. The maximum atomic E-state index is 12.7. The number of rotatable bonds is 1. The number of carboxylic acid groups (broad SMARTS) is 1. The number of carboxylic acids is 1. The Kier molecular flexibility index (Phi) is 5.13. The zero-order chi connectivity index (χ0) is 24.2. The molecule has 4 nitrogen and oxygen atoms in total. The van der Waals surface area contributed by atoms with E-state index in [9.17, 15) is 20.1 Å². The molecular weight excluding hydrogens is 412 g/mol. The van der Waals surface area contributed by atoms with Gasteiger partial charge in [0.2, 0.25) is 0 Å². The Morgan fingerprint density at radius 2 is 1.45 bits per heavy atom. The van der Waals surface area contributed by atoms with Crippen LogP contribution in [-0.2, 0) is 4.79 Å². The third kappa shape index (κ3) is 2.80. The van der Waals surface area contributed by atoms with Crippen LogP contribution in [0.2, 0.25) is 0 Å². The number of aliphatic hydroxyl groups excluding tert-OH is 1. The summed E-state index contributed by atoms with van der Waals surface area (Å²) >= 11 is 0. The van der Waals surface area contributed by atoms with Gasteiger partial charge in [-0.3, -0.25) is 4.79 Å². The van der Waals surface area contributed by atoms with E-state index in [0.29, 0.717) is 30.6 Å². The largest absolute Gasteiger partial charge is 0.481 e. The maximum absolute atomic E-state index is 12.7. The van der Waals surface area contributed by atoms with Gasteiger partial charge in [0.05, 0.1) is 17.1 Å². The molecule has 0 amide bonds. The average Bonchev–Trinajstić information content (AvgIpc) is 2.72. The molecule has 0 aromatic carbocycles. The van der Waals surface area contributed by atoms with E-state index in [1.165, 1.54) is 0 Å². The Labute approximate surface area is 200 Å². The fraction of sp³-hybridized carbons (Fsp3) is 0.897. The van der Waals surface area contributed by atoms with Crippen molar-refractivity contribution < 1.29 is 20.1 Å². The van der Waals surface area contributed by atoms with E-state index < -0.39 is 17.0 Å². The molecule has 3 N–H and O–H groups in total. The summed E-state index contributed by atoms with van der Waals surface area (Å²) in [4.78, 5) is 12.7. The second-order valence-corrected chi connectivity index (χ2v) is 14.1. The van der Waals surface area contributed by atoms with Crippen LogP contribution in [0.15, 0.2) is 12.2 Å². The topological polar surface area (TPSA) is 77.8 Å². The van der Waals surface area contributed by atoms with Crippen LogP contribution in [0.4, 0.5) is 0 Å². The highest BCUT2D eigenvalue weighted by molar-refractivity contribution is 5.76. The molecule has 4 fully saturated rings. The minimum absolute atomic E-state index is 0.0435. The Morgan fingerprint density at radius 3 is 2.12 bits per heavy atom. The number of hydrogen-bond acceptors (Lipinski definition) is 3. The van der Waals surface area contributed by atoms with Gasteiger partial charge in [0.15, 0.2) is 0 Å². The number of allylic oxidation sites excluding steroid dienone is 1. The third-order valence-corrected chi connectivity index (χ3v) is 12.7. The summed E-state index contributed by atoms with van der Waals surface area (Å²) in [5, 5.41) is 33.8. The summed E-state index contributed by atoms with van der Waals surface area (Å²) in [5.74, 6) is 0.596. The lowest BCUT2D eigenvalue weighted by atomic mass is 9.35. The lowest BCUT2D eigenvalue weighted by molar-refractivity contribution is -0.240. The SMILES string of the molecule is CC1CCC2(C(=O)O)CCC3C(O)(C=CC4C5(C)CCC(O)C(C)(C)C5CCC34C)C2C1C. The fourth-order valence-corrected chi connectivity index (χ4v) is 10.7. The van der Waals surface area contributed by atoms with Crippen LogP contribution >= 0.6 is 0 Å². The van der Waals surface area contributed by atoms with E-state index in [2.05, 4.69) is 53.7 Å². The predicted molar refractivity (Wildman–Crippen MR) is 129 cm³/mol. The molecule has 4 heteroatoms. The maximum Gasteiger partial charge on any atom is 0.310 e. The van der Waals surface area contributed by atoms with Crippen molar-refractivity contribution in [2.45, 2.75) is 105 Å². The van der Waals surface area contributed by atoms with Gasteiger partial charge in [-0.05, 0) is 97.2 Å². The number of aliphatic hydroxyl groups is 2. The van der Waals surface area contributed by atoms with Gasteiger partial charge >= 0.3 is 5.97 Å². The Balaban J connectivity index is 1.61. The van der Waals surface area contributed by atoms with Crippen LogP contribution in [0.5, 0.6) is 0 Å². The smallest absolute Gasteiger partial charge is 0.310 e. The van der Waals surface area contributed by atoms with E-state index in [-0.39, 0.29) is 40.1 Å². The Morgan fingerprint density at radius 1 is 0.879 bits per heavy atom. The second kappa shape index (κ2) is 7.09. The molecule has 0 bridgehead atoms. The Bertz CT molecular complexity index is 864. The van der Waals surface area contributed by atoms with E-state index in [1.807, 2.05) is 0 Å². The van der Waals surface area contributed by atoms with Crippen molar-refractivity contribution in [2.75, 3.05) is 0 Å². The molecule has 11 atom stereocenters. The summed E-state index contributed by atoms with van der Waals surface area (Å²) in [6.07, 6.45) is 11.3. The summed E-state index contributed by atoms with van der Waals surface area (Å²) in [6.45, 7) is 13.8. The van der Waals surface area contributed by atoms with Crippen molar-refractivity contribution in [1.29, 1.82) is 0 Å². The number of carbonyl (C=O) groups is 1. The molecule has 0 radical (unpaired) electrons. The molecule has 0 spiro atoms. The van der Waals surface area contributed by atoms with Gasteiger partial charge in [-0.25, -0.2) is 0 Å². The highest BCUT2D eigenvalue weighted by Gasteiger charge is 2.71. The first-order chi connectivity index (χ1) is 15.2. The van der Waals surface area contributed by atoms with E-state index >= 15 is 0 Å². The molecule has 0 heterocycles. The van der Waals surface area contributed by atoms with Crippen molar-refractivity contribution in [2.24, 2.45) is 57.2 Å². The van der Waals surface area contributed by atoms with Crippen LogP contribution in [-0.4, -0.2) is 33.0 Å². The van der Waals surface area contributed by atoms with Crippen molar-refractivity contribution >= 4 is 5.97 Å². The van der Waals surface area contributed by atoms with Crippen molar-refractivity contribution in [1.82, 2.24) is 0 Å². The van der Waals surface area contributed by atoms with Crippen LogP contribution in [0.25, 0.3) is 0 Å². The molecular formula is C29H46O4. The molecule has 0 aromatic heterocycles. The van der Waals surface area contributed by atoms with Crippen molar-refractivity contribution in [3.8, 4) is 0 Å². The van der Waals surface area contributed by atoms with E-state index in [1.54, 1.807) is 0 Å². The van der Waals surface area contributed by atoms with Gasteiger partial charge in [0.1, 0.15) is 0 Å². The number of fused-ring (bicyclic) bond motifs is 7. The van der Waals surface area contributed by atoms with Crippen molar-refractivity contribution in [3.05, 3.63) is 12.2 Å². The summed E-state index contributed by atoms with van der Waals surface area (Å²) in [6, 6.07) is 0. The molecule has 11 unspecified atom stereocenters. The van der Waals surface area contributed by atoms with Gasteiger partial charge in [0, 0.05) is 5.92 Å². The summed E-state index contributed by atoms with van der Waals surface area (Å²) < 4.78 is 0. The highest BCUT2D eigenvalue weighted by atomic mass is 16.4. The molecule has 0 saturated heterocycles. The van der Waals surface area contributed by atoms with Crippen LogP contribution < -0.4 is 0 Å². The molecule has 5 rings (SSSR count). The van der Waals surface area contributed by atoms with E-state index in [0.717, 1.165) is 38.5 Å². The molecule has 0 aromatic rings. The zero-order valence-corrected chi connectivity index (χ0v) is 21.6.